The Morgan fingerprint density at radius 3 is 2.29 bits per heavy atom. The molecule has 0 amide bonds. The number of ketones is 1. The SMILES string of the molecule is C#CCC(CC#C)CC(=O)C[C@@H](O)CCOC(=O)c1ccccc1. The molecule has 24 heavy (non-hydrogen) atoms. The molecule has 126 valence electrons. The van der Waals surface area contributed by atoms with Crippen LogP contribution in [0.1, 0.15) is 42.5 Å². The van der Waals surface area contributed by atoms with Gasteiger partial charge in [-0.2, -0.15) is 0 Å². The molecule has 0 bridgehead atoms. The number of carbonyl (C=O) groups is 2. The van der Waals surface area contributed by atoms with Gasteiger partial charge in [0.2, 0.25) is 0 Å². The van der Waals surface area contributed by atoms with Crippen molar-refractivity contribution < 1.29 is 19.4 Å². The molecule has 0 fully saturated rings. The summed E-state index contributed by atoms with van der Waals surface area (Å²) in [5.74, 6) is 4.43. The molecule has 0 saturated heterocycles. The number of carbonyl (C=O) groups excluding carboxylic acids is 2. The summed E-state index contributed by atoms with van der Waals surface area (Å²) < 4.78 is 5.08. The van der Waals surface area contributed by atoms with Gasteiger partial charge >= 0.3 is 5.97 Å². The van der Waals surface area contributed by atoms with E-state index < -0.39 is 12.1 Å². The second-order valence-electron chi connectivity index (χ2n) is 5.57. The van der Waals surface area contributed by atoms with Crippen LogP contribution in [-0.2, 0) is 9.53 Å². The summed E-state index contributed by atoms with van der Waals surface area (Å²) in [5.41, 5.74) is 0.453. The number of benzene rings is 1. The third-order valence-electron chi connectivity index (χ3n) is 3.49. The number of aliphatic hydroxyl groups excluding tert-OH is 1. The molecular weight excluding hydrogens is 304 g/mol. The lowest BCUT2D eigenvalue weighted by atomic mass is 9.93. The molecule has 0 heterocycles. The van der Waals surface area contributed by atoms with Gasteiger partial charge in [-0.3, -0.25) is 4.79 Å². The number of hydrogen-bond acceptors (Lipinski definition) is 4. The highest BCUT2D eigenvalue weighted by molar-refractivity contribution is 5.89. The summed E-state index contributed by atoms with van der Waals surface area (Å²) in [6.07, 6.45) is 11.0. The first-order valence-electron chi connectivity index (χ1n) is 7.85. The van der Waals surface area contributed by atoms with E-state index in [2.05, 4.69) is 11.8 Å². The predicted octanol–water partition coefficient (Wildman–Crippen LogP) is 2.61. The highest BCUT2D eigenvalue weighted by atomic mass is 16.5. The molecule has 0 aliphatic rings. The number of rotatable bonds is 10. The van der Waals surface area contributed by atoms with Crippen LogP contribution < -0.4 is 0 Å². The van der Waals surface area contributed by atoms with Gasteiger partial charge in [-0.25, -0.2) is 4.79 Å². The third-order valence-corrected chi connectivity index (χ3v) is 3.49. The van der Waals surface area contributed by atoms with Gasteiger partial charge in [0, 0.05) is 32.1 Å². The van der Waals surface area contributed by atoms with Gasteiger partial charge < -0.3 is 9.84 Å². The van der Waals surface area contributed by atoms with E-state index >= 15 is 0 Å². The van der Waals surface area contributed by atoms with Crippen molar-refractivity contribution in [2.24, 2.45) is 5.92 Å². The lowest BCUT2D eigenvalue weighted by Gasteiger charge is -2.13. The van der Waals surface area contributed by atoms with E-state index in [4.69, 9.17) is 17.6 Å². The van der Waals surface area contributed by atoms with Crippen LogP contribution >= 0.6 is 0 Å². The number of terminal acetylenes is 2. The fourth-order valence-electron chi connectivity index (χ4n) is 2.27. The van der Waals surface area contributed by atoms with Crippen LogP contribution in [0.4, 0.5) is 0 Å². The molecule has 0 aliphatic carbocycles. The Kier molecular flexibility index (Phi) is 8.97. The Morgan fingerprint density at radius 1 is 1.08 bits per heavy atom. The molecule has 1 N–H and O–H groups in total. The van der Waals surface area contributed by atoms with Crippen LogP contribution in [0.3, 0.4) is 0 Å². The largest absolute Gasteiger partial charge is 0.462 e. The van der Waals surface area contributed by atoms with Crippen molar-refractivity contribution in [2.75, 3.05) is 6.61 Å². The second-order valence-corrected chi connectivity index (χ2v) is 5.57. The predicted molar refractivity (Wildman–Crippen MR) is 92.0 cm³/mol. The van der Waals surface area contributed by atoms with Crippen molar-refractivity contribution in [3.05, 3.63) is 35.9 Å². The molecule has 0 aromatic heterocycles. The molecule has 0 saturated carbocycles. The fraction of sp³-hybridized carbons (Fsp3) is 0.400. The zero-order chi connectivity index (χ0) is 17.8. The number of aliphatic hydroxyl groups is 1. The maximum atomic E-state index is 11.9. The highest BCUT2D eigenvalue weighted by Crippen LogP contribution is 2.15. The Hall–Kier alpha value is -2.56. The molecule has 4 nitrogen and oxygen atoms in total. The minimum Gasteiger partial charge on any atom is -0.462 e. The molecule has 0 aliphatic heterocycles. The second kappa shape index (κ2) is 11.0. The highest BCUT2D eigenvalue weighted by Gasteiger charge is 2.16. The first-order chi connectivity index (χ1) is 11.6. The number of ether oxygens (including phenoxy) is 1. The molecule has 1 atom stereocenters. The number of esters is 1. The van der Waals surface area contributed by atoms with Gasteiger partial charge in [0.1, 0.15) is 5.78 Å². The van der Waals surface area contributed by atoms with E-state index in [1.807, 2.05) is 0 Å². The van der Waals surface area contributed by atoms with Gasteiger partial charge in [0.25, 0.3) is 0 Å². The van der Waals surface area contributed by atoms with Crippen molar-refractivity contribution in [3.63, 3.8) is 0 Å². The van der Waals surface area contributed by atoms with Gasteiger partial charge in [-0.15, -0.1) is 24.7 Å². The minimum atomic E-state index is -0.849. The van der Waals surface area contributed by atoms with Crippen molar-refractivity contribution in [2.45, 2.75) is 38.2 Å². The van der Waals surface area contributed by atoms with E-state index in [-0.39, 0.29) is 37.6 Å². The van der Waals surface area contributed by atoms with Crippen LogP contribution in [0.25, 0.3) is 0 Å². The van der Waals surface area contributed by atoms with Crippen LogP contribution in [0.15, 0.2) is 30.3 Å². The fourth-order valence-corrected chi connectivity index (χ4v) is 2.27. The summed E-state index contributed by atoms with van der Waals surface area (Å²) in [6.45, 7) is 0.0559. The molecule has 0 unspecified atom stereocenters. The van der Waals surface area contributed by atoms with Gasteiger partial charge in [0.15, 0.2) is 0 Å². The molecule has 1 rings (SSSR count). The first kappa shape index (κ1) is 19.5. The topological polar surface area (TPSA) is 63.6 Å². The number of Topliss-reactive ketones (excluding diaryl/α,β-unsaturated/α-hetero) is 1. The van der Waals surface area contributed by atoms with Gasteiger partial charge in [-0.05, 0) is 18.1 Å². The normalized spacial score (nSPS) is 11.3. The molecule has 4 heteroatoms. The smallest absolute Gasteiger partial charge is 0.338 e. The summed E-state index contributed by atoms with van der Waals surface area (Å²) in [5, 5.41) is 9.88. The van der Waals surface area contributed by atoms with Crippen LogP contribution in [0.2, 0.25) is 0 Å². The first-order valence-corrected chi connectivity index (χ1v) is 7.85. The summed E-state index contributed by atoms with van der Waals surface area (Å²) in [6, 6.07) is 8.60. The quantitative estimate of drug-likeness (QED) is 0.530. The van der Waals surface area contributed by atoms with E-state index in [9.17, 15) is 14.7 Å². The Balaban J connectivity index is 2.29. The summed E-state index contributed by atoms with van der Waals surface area (Å²) >= 11 is 0. The average molecular weight is 326 g/mol. The maximum absolute atomic E-state index is 11.9. The molecule has 1 aromatic rings. The lowest BCUT2D eigenvalue weighted by molar-refractivity contribution is -0.121. The number of hydrogen-bond donors (Lipinski definition) is 1. The Labute approximate surface area is 143 Å². The molecular formula is C20H22O4. The molecule has 0 radical (unpaired) electrons. The zero-order valence-electron chi connectivity index (χ0n) is 13.6. The van der Waals surface area contributed by atoms with Crippen molar-refractivity contribution in [1.29, 1.82) is 0 Å². The van der Waals surface area contributed by atoms with Gasteiger partial charge in [0.05, 0.1) is 18.3 Å². The molecule has 0 spiro atoms. The standard InChI is InChI=1S/C20H22O4/c1-3-8-16(9-4-2)14-19(22)15-18(21)12-13-24-20(23)17-10-6-5-7-11-17/h1-2,5-7,10-11,16,18,21H,8-9,12-15H2/t18-/m0/s1. The van der Waals surface area contributed by atoms with Gasteiger partial charge in [-0.1, -0.05) is 18.2 Å². The van der Waals surface area contributed by atoms with Crippen LogP contribution in [0.5, 0.6) is 0 Å². The van der Waals surface area contributed by atoms with Crippen molar-refractivity contribution >= 4 is 11.8 Å². The van der Waals surface area contributed by atoms with Crippen molar-refractivity contribution in [3.8, 4) is 24.7 Å². The average Bonchev–Trinajstić information content (AvgIpc) is 2.55. The summed E-state index contributed by atoms with van der Waals surface area (Å²) in [4.78, 5) is 23.7. The van der Waals surface area contributed by atoms with E-state index in [0.717, 1.165) is 0 Å². The lowest BCUT2D eigenvalue weighted by Crippen LogP contribution is -2.19. The van der Waals surface area contributed by atoms with E-state index in [1.165, 1.54) is 0 Å². The monoisotopic (exact) mass is 326 g/mol. The Morgan fingerprint density at radius 2 is 1.71 bits per heavy atom. The third kappa shape index (κ3) is 7.63. The zero-order valence-corrected chi connectivity index (χ0v) is 13.6. The van der Waals surface area contributed by atoms with E-state index in [0.29, 0.717) is 18.4 Å². The molecule has 1 aromatic carbocycles. The van der Waals surface area contributed by atoms with Crippen molar-refractivity contribution in [1.82, 2.24) is 0 Å². The van der Waals surface area contributed by atoms with Crippen LogP contribution in [0, 0.1) is 30.6 Å². The van der Waals surface area contributed by atoms with Crippen LogP contribution in [-0.4, -0.2) is 29.6 Å². The minimum absolute atomic E-state index is 0.00846. The maximum Gasteiger partial charge on any atom is 0.338 e. The van der Waals surface area contributed by atoms with E-state index in [1.54, 1.807) is 30.3 Å². The summed E-state index contributed by atoms with van der Waals surface area (Å²) in [7, 11) is 0. The Bertz CT molecular complexity index is 591.